The van der Waals surface area contributed by atoms with Gasteiger partial charge in [-0.2, -0.15) is 0 Å². The number of ether oxygens (including phenoxy) is 2. The van der Waals surface area contributed by atoms with Crippen LogP contribution in [0.5, 0.6) is 11.5 Å². The maximum absolute atomic E-state index is 12.7. The first-order chi connectivity index (χ1) is 13.7. The van der Waals surface area contributed by atoms with E-state index in [-0.39, 0.29) is 30.5 Å². The monoisotopic (exact) mass is 417 g/mol. The molecule has 2 aromatic rings. The molecule has 0 radical (unpaired) electrons. The van der Waals surface area contributed by atoms with Crippen molar-refractivity contribution in [2.24, 2.45) is 0 Å². The molecule has 0 bridgehead atoms. The summed E-state index contributed by atoms with van der Waals surface area (Å²) < 4.78 is 11.7. The van der Waals surface area contributed by atoms with Crippen molar-refractivity contribution in [3.8, 4) is 11.5 Å². The van der Waals surface area contributed by atoms with E-state index in [1.807, 2.05) is 42.4 Å². The number of hydrazine groups is 1. The Morgan fingerprint density at radius 2 is 1.97 bits per heavy atom. The lowest BCUT2D eigenvalue weighted by Gasteiger charge is -2.29. The smallest absolute Gasteiger partial charge is 0.239 e. The minimum Gasteiger partial charge on any atom is -0.493 e. The predicted octanol–water partition coefficient (Wildman–Crippen LogP) is 4.15. The van der Waals surface area contributed by atoms with Crippen molar-refractivity contribution in [1.82, 2.24) is 15.0 Å². The molecule has 1 aromatic carbocycles. The molecule has 1 aliphatic heterocycles. The van der Waals surface area contributed by atoms with Gasteiger partial charge in [0.25, 0.3) is 0 Å². The highest BCUT2D eigenvalue weighted by atomic mass is 35.5. The summed E-state index contributed by atoms with van der Waals surface area (Å²) in [7, 11) is 3.63. The van der Waals surface area contributed by atoms with E-state index in [9.17, 15) is 4.79 Å². The number of carbonyl (C=O) groups is 1. The van der Waals surface area contributed by atoms with Crippen LogP contribution in [0.4, 0.5) is 0 Å². The summed E-state index contributed by atoms with van der Waals surface area (Å²) in [6.45, 7) is 0.529. The maximum Gasteiger partial charge on any atom is 0.239 e. The molecular formula is C22H28ClN3O3. The number of hydrogen-bond acceptors (Lipinski definition) is 5. The van der Waals surface area contributed by atoms with E-state index in [1.54, 1.807) is 24.5 Å². The van der Waals surface area contributed by atoms with E-state index >= 15 is 0 Å². The van der Waals surface area contributed by atoms with Crippen molar-refractivity contribution in [1.29, 1.82) is 0 Å². The molecule has 6 nitrogen and oxygen atoms in total. The molecular weight excluding hydrogens is 390 g/mol. The molecule has 4 rings (SSSR count). The van der Waals surface area contributed by atoms with E-state index in [0.29, 0.717) is 13.0 Å². The van der Waals surface area contributed by atoms with Crippen molar-refractivity contribution < 1.29 is 14.3 Å². The average molecular weight is 418 g/mol. The maximum atomic E-state index is 12.7. The second-order valence-electron chi connectivity index (χ2n) is 7.54. The van der Waals surface area contributed by atoms with Gasteiger partial charge in [0, 0.05) is 25.9 Å². The minimum absolute atomic E-state index is 0. The highest BCUT2D eigenvalue weighted by Crippen LogP contribution is 2.38. The minimum atomic E-state index is -0.0130. The van der Waals surface area contributed by atoms with Crippen molar-refractivity contribution in [3.05, 3.63) is 53.9 Å². The van der Waals surface area contributed by atoms with Crippen LogP contribution in [-0.4, -0.2) is 41.2 Å². The lowest BCUT2D eigenvalue weighted by atomic mass is 10.0. The first-order valence-corrected chi connectivity index (χ1v) is 9.92. The van der Waals surface area contributed by atoms with Gasteiger partial charge in [-0.05, 0) is 55.0 Å². The second kappa shape index (κ2) is 9.46. The lowest BCUT2D eigenvalue weighted by molar-refractivity contribution is -0.138. The average Bonchev–Trinajstić information content (AvgIpc) is 3.32. The molecule has 1 atom stereocenters. The molecule has 1 unspecified atom stereocenters. The van der Waals surface area contributed by atoms with Crippen LogP contribution in [-0.2, 0) is 11.3 Å². The molecule has 2 fully saturated rings. The zero-order valence-electron chi connectivity index (χ0n) is 16.9. The van der Waals surface area contributed by atoms with Crippen LogP contribution in [0.3, 0.4) is 0 Å². The van der Waals surface area contributed by atoms with Gasteiger partial charge >= 0.3 is 0 Å². The van der Waals surface area contributed by atoms with E-state index < -0.39 is 0 Å². The number of benzene rings is 1. The zero-order valence-corrected chi connectivity index (χ0v) is 17.7. The van der Waals surface area contributed by atoms with Gasteiger partial charge in [-0.25, -0.2) is 5.01 Å². The molecule has 0 spiro atoms. The first-order valence-electron chi connectivity index (χ1n) is 9.92. The Kier molecular flexibility index (Phi) is 6.98. The predicted molar refractivity (Wildman–Crippen MR) is 113 cm³/mol. The number of hydrogen-bond donors (Lipinski definition) is 0. The molecule has 2 aliphatic rings. The quantitative estimate of drug-likeness (QED) is 0.706. The molecule has 1 saturated heterocycles. The lowest BCUT2D eigenvalue weighted by Crippen LogP contribution is -2.36. The molecule has 0 N–H and O–H groups in total. The number of carbonyl (C=O) groups excluding carboxylic acids is 1. The summed E-state index contributed by atoms with van der Waals surface area (Å²) >= 11 is 0. The molecule has 1 aliphatic carbocycles. The number of rotatable bonds is 6. The van der Waals surface area contributed by atoms with Crippen LogP contribution in [0.2, 0.25) is 0 Å². The highest BCUT2D eigenvalue weighted by molar-refractivity contribution is 5.85. The first kappa shape index (κ1) is 21.4. The standard InChI is InChI=1S/C22H27N3O3.ClH/c1-24-19(13-22(26)25(24)15-16-6-5-11-23-14-16)17-9-10-20(27-2)21(12-17)28-18-7-3-4-8-18;/h5-6,9-12,14,18-19H,3-4,7-8,13,15H2,1-2H3;1H. The zero-order chi connectivity index (χ0) is 19.5. The SMILES string of the molecule is COc1ccc(C2CC(=O)N(Cc3cccnc3)N2C)cc1OC1CCCC1.Cl. The van der Waals surface area contributed by atoms with Gasteiger partial charge in [0.2, 0.25) is 5.91 Å². The number of halogens is 1. The van der Waals surface area contributed by atoms with Crippen molar-refractivity contribution in [3.63, 3.8) is 0 Å². The largest absolute Gasteiger partial charge is 0.493 e. The van der Waals surface area contributed by atoms with Gasteiger partial charge in [0.1, 0.15) is 0 Å². The third-order valence-electron chi connectivity index (χ3n) is 5.71. The van der Waals surface area contributed by atoms with E-state index in [1.165, 1.54) is 12.8 Å². The van der Waals surface area contributed by atoms with Gasteiger partial charge < -0.3 is 9.47 Å². The van der Waals surface area contributed by atoms with Gasteiger partial charge in [0.05, 0.1) is 25.8 Å². The fraction of sp³-hybridized carbons (Fsp3) is 0.455. The van der Waals surface area contributed by atoms with Gasteiger partial charge in [-0.3, -0.25) is 14.8 Å². The fourth-order valence-electron chi connectivity index (χ4n) is 4.12. The van der Waals surface area contributed by atoms with Gasteiger partial charge in [-0.1, -0.05) is 12.1 Å². The fourth-order valence-corrected chi connectivity index (χ4v) is 4.12. The van der Waals surface area contributed by atoms with E-state index in [4.69, 9.17) is 9.47 Å². The number of methoxy groups -OCH3 is 1. The third-order valence-corrected chi connectivity index (χ3v) is 5.71. The topological polar surface area (TPSA) is 54.9 Å². The van der Waals surface area contributed by atoms with Gasteiger partial charge in [0.15, 0.2) is 11.5 Å². The Morgan fingerprint density at radius 1 is 1.17 bits per heavy atom. The number of amides is 1. The van der Waals surface area contributed by atoms with Crippen molar-refractivity contribution >= 4 is 18.3 Å². The molecule has 2 heterocycles. The number of aromatic nitrogens is 1. The van der Waals surface area contributed by atoms with Crippen molar-refractivity contribution in [2.75, 3.05) is 14.2 Å². The summed E-state index contributed by atoms with van der Waals surface area (Å²) in [5, 5.41) is 3.82. The van der Waals surface area contributed by atoms with Crippen LogP contribution in [0.25, 0.3) is 0 Å². The highest BCUT2D eigenvalue weighted by Gasteiger charge is 2.36. The summed E-state index contributed by atoms with van der Waals surface area (Å²) in [5.41, 5.74) is 2.08. The Hall–Kier alpha value is -2.31. The number of nitrogens with zero attached hydrogens (tertiary/aromatic N) is 3. The van der Waals surface area contributed by atoms with Crippen molar-refractivity contribution in [2.45, 2.75) is 50.8 Å². The van der Waals surface area contributed by atoms with Crippen LogP contribution < -0.4 is 9.47 Å². The molecule has 1 amide bonds. The van der Waals surface area contributed by atoms with E-state index in [2.05, 4.69) is 4.98 Å². The van der Waals surface area contributed by atoms with E-state index in [0.717, 1.165) is 35.5 Å². The molecule has 29 heavy (non-hydrogen) atoms. The Morgan fingerprint density at radius 3 is 2.66 bits per heavy atom. The third kappa shape index (κ3) is 4.65. The molecule has 1 aromatic heterocycles. The Bertz CT molecular complexity index is 827. The van der Waals surface area contributed by atoms with Gasteiger partial charge in [-0.15, -0.1) is 12.4 Å². The second-order valence-corrected chi connectivity index (χ2v) is 7.54. The molecule has 1 saturated carbocycles. The molecule has 156 valence electrons. The van der Waals surface area contributed by atoms with Crippen LogP contribution in [0, 0.1) is 0 Å². The van der Waals surface area contributed by atoms with Crippen LogP contribution in [0.15, 0.2) is 42.7 Å². The Balaban J connectivity index is 0.00000240. The summed E-state index contributed by atoms with van der Waals surface area (Å²) in [6, 6.07) is 9.88. The summed E-state index contributed by atoms with van der Waals surface area (Å²) in [4.78, 5) is 16.8. The summed E-state index contributed by atoms with van der Waals surface area (Å²) in [6.07, 6.45) is 8.87. The normalized spacial score (nSPS) is 20.0. The Labute approximate surface area is 178 Å². The summed E-state index contributed by atoms with van der Waals surface area (Å²) in [5.74, 6) is 1.64. The number of pyridine rings is 1. The van der Waals surface area contributed by atoms with Crippen LogP contribution >= 0.6 is 12.4 Å². The molecule has 7 heteroatoms. The van der Waals surface area contributed by atoms with Crippen LogP contribution in [0.1, 0.15) is 49.3 Å².